The van der Waals surface area contributed by atoms with Crippen LogP contribution in [0.2, 0.25) is 0 Å². The van der Waals surface area contributed by atoms with Gasteiger partial charge in [-0.05, 0) is 36.8 Å². The minimum atomic E-state index is -0.145. The molecule has 0 saturated carbocycles. The summed E-state index contributed by atoms with van der Waals surface area (Å²) in [5.74, 6) is 0.0167. The molecule has 0 atom stereocenters. The highest BCUT2D eigenvalue weighted by Crippen LogP contribution is 2.29. The third-order valence-electron chi connectivity index (χ3n) is 4.78. The van der Waals surface area contributed by atoms with E-state index in [9.17, 15) is 14.4 Å². The Bertz CT molecular complexity index is 875. The molecule has 0 N–H and O–H groups in total. The Morgan fingerprint density at radius 3 is 2.56 bits per heavy atom. The van der Waals surface area contributed by atoms with Gasteiger partial charge in [0.1, 0.15) is 0 Å². The molecule has 2 amide bonds. The van der Waals surface area contributed by atoms with Gasteiger partial charge in [-0.15, -0.1) is 0 Å². The van der Waals surface area contributed by atoms with Gasteiger partial charge in [0.25, 0.3) is 5.91 Å². The maximum absolute atomic E-state index is 13.0. The van der Waals surface area contributed by atoms with E-state index in [2.05, 4.69) is 0 Å². The molecular formula is C20H18N2O3. The van der Waals surface area contributed by atoms with Gasteiger partial charge in [-0.1, -0.05) is 18.2 Å². The standard InChI is InChI=1S/C20H18N2O3/c23-18-10-12-22(17-8-2-1-7-16(17)18)20(25)14-5-3-6-15(13-14)21-11-4-9-19(21)24/h1-3,5-8,13H,4,9-12H2. The van der Waals surface area contributed by atoms with Crippen molar-refractivity contribution >= 4 is 29.0 Å². The molecule has 2 aliphatic heterocycles. The van der Waals surface area contributed by atoms with Crippen LogP contribution in [0.4, 0.5) is 11.4 Å². The van der Waals surface area contributed by atoms with Crippen LogP contribution in [0, 0.1) is 0 Å². The van der Waals surface area contributed by atoms with Crippen molar-refractivity contribution < 1.29 is 14.4 Å². The van der Waals surface area contributed by atoms with Gasteiger partial charge in [0, 0.05) is 42.7 Å². The van der Waals surface area contributed by atoms with Crippen molar-refractivity contribution in [3.8, 4) is 0 Å². The van der Waals surface area contributed by atoms with Crippen LogP contribution >= 0.6 is 0 Å². The Morgan fingerprint density at radius 1 is 0.920 bits per heavy atom. The summed E-state index contributed by atoms with van der Waals surface area (Å²) >= 11 is 0. The quantitative estimate of drug-likeness (QED) is 0.848. The van der Waals surface area contributed by atoms with E-state index in [0.29, 0.717) is 42.7 Å². The summed E-state index contributed by atoms with van der Waals surface area (Å²) in [6.07, 6.45) is 1.73. The number of carbonyl (C=O) groups excluding carboxylic acids is 3. The lowest BCUT2D eigenvalue weighted by atomic mass is 9.99. The fraction of sp³-hybridized carbons (Fsp3) is 0.250. The normalized spacial score (nSPS) is 17.0. The molecular weight excluding hydrogens is 316 g/mol. The molecule has 0 unspecified atom stereocenters. The summed E-state index contributed by atoms with van der Waals surface area (Å²) in [4.78, 5) is 40.4. The lowest BCUT2D eigenvalue weighted by Gasteiger charge is -2.29. The molecule has 2 aromatic carbocycles. The number of rotatable bonds is 2. The van der Waals surface area contributed by atoms with Crippen LogP contribution in [0.5, 0.6) is 0 Å². The van der Waals surface area contributed by atoms with Gasteiger partial charge in [-0.3, -0.25) is 14.4 Å². The van der Waals surface area contributed by atoms with Crippen molar-refractivity contribution in [2.45, 2.75) is 19.3 Å². The summed E-state index contributed by atoms with van der Waals surface area (Å²) in [6, 6.07) is 14.4. The first-order valence-corrected chi connectivity index (χ1v) is 8.50. The molecule has 25 heavy (non-hydrogen) atoms. The highest BCUT2D eigenvalue weighted by atomic mass is 16.2. The number of nitrogens with zero attached hydrogens (tertiary/aromatic N) is 2. The molecule has 0 aliphatic carbocycles. The SMILES string of the molecule is O=C1CCN(C(=O)c2cccc(N3CCCC3=O)c2)c2ccccc21. The van der Waals surface area contributed by atoms with E-state index >= 15 is 0 Å². The highest BCUT2D eigenvalue weighted by Gasteiger charge is 2.28. The lowest BCUT2D eigenvalue weighted by Crippen LogP contribution is -2.37. The van der Waals surface area contributed by atoms with Gasteiger partial charge in [-0.25, -0.2) is 0 Å². The van der Waals surface area contributed by atoms with Crippen LogP contribution in [0.1, 0.15) is 40.0 Å². The molecule has 1 saturated heterocycles. The second-order valence-electron chi connectivity index (χ2n) is 6.35. The van der Waals surface area contributed by atoms with E-state index in [1.807, 2.05) is 18.2 Å². The largest absolute Gasteiger partial charge is 0.312 e. The van der Waals surface area contributed by atoms with E-state index in [1.54, 1.807) is 40.1 Å². The molecule has 2 heterocycles. The van der Waals surface area contributed by atoms with Gasteiger partial charge >= 0.3 is 0 Å². The monoisotopic (exact) mass is 334 g/mol. The fourth-order valence-electron chi connectivity index (χ4n) is 3.51. The molecule has 0 radical (unpaired) electrons. The third kappa shape index (κ3) is 2.71. The lowest BCUT2D eigenvalue weighted by molar-refractivity contribution is -0.117. The average Bonchev–Trinajstić information content (AvgIpc) is 3.08. The van der Waals surface area contributed by atoms with Gasteiger partial charge in [0.15, 0.2) is 5.78 Å². The van der Waals surface area contributed by atoms with E-state index < -0.39 is 0 Å². The maximum Gasteiger partial charge on any atom is 0.258 e. The maximum atomic E-state index is 13.0. The van der Waals surface area contributed by atoms with Crippen LogP contribution in [-0.4, -0.2) is 30.7 Å². The van der Waals surface area contributed by atoms with Crippen LogP contribution in [0.25, 0.3) is 0 Å². The Morgan fingerprint density at radius 2 is 1.76 bits per heavy atom. The zero-order valence-electron chi connectivity index (χ0n) is 13.8. The Labute approximate surface area is 145 Å². The Hall–Kier alpha value is -2.95. The number of anilines is 2. The van der Waals surface area contributed by atoms with Crippen molar-refractivity contribution in [3.05, 3.63) is 59.7 Å². The number of amides is 2. The number of benzene rings is 2. The topological polar surface area (TPSA) is 57.7 Å². The molecule has 5 nitrogen and oxygen atoms in total. The Balaban J connectivity index is 1.67. The van der Waals surface area contributed by atoms with E-state index in [0.717, 1.165) is 12.1 Å². The van der Waals surface area contributed by atoms with Crippen molar-refractivity contribution in [1.29, 1.82) is 0 Å². The number of hydrogen-bond donors (Lipinski definition) is 0. The van der Waals surface area contributed by atoms with Crippen LogP contribution in [0.3, 0.4) is 0 Å². The first-order valence-electron chi connectivity index (χ1n) is 8.50. The molecule has 2 aliphatic rings. The van der Waals surface area contributed by atoms with Crippen LogP contribution < -0.4 is 9.80 Å². The third-order valence-corrected chi connectivity index (χ3v) is 4.78. The molecule has 5 heteroatoms. The minimum Gasteiger partial charge on any atom is -0.312 e. The van der Waals surface area contributed by atoms with Crippen molar-refractivity contribution in [2.75, 3.05) is 22.9 Å². The zero-order valence-corrected chi connectivity index (χ0v) is 13.8. The number of ketones is 1. The molecule has 2 aromatic rings. The smallest absolute Gasteiger partial charge is 0.258 e. The number of carbonyl (C=O) groups is 3. The predicted octanol–water partition coefficient (Wildman–Crippen LogP) is 3.05. The number of fused-ring (bicyclic) bond motifs is 1. The summed E-state index contributed by atoms with van der Waals surface area (Å²) in [7, 11) is 0. The summed E-state index contributed by atoms with van der Waals surface area (Å²) in [6.45, 7) is 1.07. The highest BCUT2D eigenvalue weighted by molar-refractivity contribution is 6.13. The number of para-hydroxylation sites is 1. The van der Waals surface area contributed by atoms with E-state index in [4.69, 9.17) is 0 Å². The Kier molecular flexibility index (Phi) is 3.84. The van der Waals surface area contributed by atoms with Gasteiger partial charge < -0.3 is 9.80 Å². The van der Waals surface area contributed by atoms with Crippen molar-refractivity contribution in [3.63, 3.8) is 0 Å². The first-order chi connectivity index (χ1) is 12.1. The van der Waals surface area contributed by atoms with Crippen LogP contribution in [-0.2, 0) is 4.79 Å². The van der Waals surface area contributed by atoms with Gasteiger partial charge in [-0.2, -0.15) is 0 Å². The van der Waals surface area contributed by atoms with E-state index in [1.165, 1.54) is 0 Å². The summed E-state index contributed by atoms with van der Waals surface area (Å²) < 4.78 is 0. The van der Waals surface area contributed by atoms with Crippen molar-refractivity contribution in [1.82, 2.24) is 0 Å². The minimum absolute atomic E-state index is 0.0658. The second kappa shape index (κ2) is 6.16. The predicted molar refractivity (Wildman–Crippen MR) is 95.1 cm³/mol. The van der Waals surface area contributed by atoms with Crippen molar-refractivity contribution in [2.24, 2.45) is 0 Å². The van der Waals surface area contributed by atoms with Crippen LogP contribution in [0.15, 0.2) is 48.5 Å². The first kappa shape index (κ1) is 15.6. The molecule has 0 aromatic heterocycles. The van der Waals surface area contributed by atoms with Gasteiger partial charge in [0.05, 0.1) is 5.69 Å². The molecule has 126 valence electrons. The zero-order chi connectivity index (χ0) is 17.4. The number of hydrogen-bond acceptors (Lipinski definition) is 3. The average molecular weight is 334 g/mol. The summed E-state index contributed by atoms with van der Waals surface area (Å²) in [5, 5.41) is 0. The second-order valence-corrected chi connectivity index (χ2v) is 6.35. The van der Waals surface area contributed by atoms with E-state index in [-0.39, 0.29) is 17.6 Å². The molecule has 4 rings (SSSR count). The molecule has 0 bridgehead atoms. The number of Topliss-reactive ketones (excluding diaryl/α,β-unsaturated/α-hetero) is 1. The molecule has 1 fully saturated rings. The summed E-state index contributed by atoms with van der Waals surface area (Å²) in [5.41, 5.74) is 2.54. The molecule has 0 spiro atoms. The fourth-order valence-corrected chi connectivity index (χ4v) is 3.51. The van der Waals surface area contributed by atoms with Gasteiger partial charge in [0.2, 0.25) is 5.91 Å².